The van der Waals surface area contributed by atoms with E-state index in [9.17, 15) is 4.79 Å². The molecule has 0 unspecified atom stereocenters. The van der Waals surface area contributed by atoms with Crippen molar-refractivity contribution in [3.63, 3.8) is 0 Å². The van der Waals surface area contributed by atoms with Crippen molar-refractivity contribution in [1.82, 2.24) is 10.2 Å². The van der Waals surface area contributed by atoms with E-state index in [0.717, 1.165) is 23.4 Å². The van der Waals surface area contributed by atoms with Crippen LogP contribution in [0.2, 0.25) is 0 Å². The molecule has 0 saturated carbocycles. The van der Waals surface area contributed by atoms with Gasteiger partial charge in [-0.3, -0.25) is 4.79 Å². The fraction of sp³-hybridized carbons (Fsp3) is 0.409. The lowest BCUT2D eigenvalue weighted by molar-refractivity contribution is -0.123. The van der Waals surface area contributed by atoms with Crippen molar-refractivity contribution in [2.45, 2.75) is 39.3 Å². The summed E-state index contributed by atoms with van der Waals surface area (Å²) in [5.41, 5.74) is 3.40. The summed E-state index contributed by atoms with van der Waals surface area (Å²) >= 11 is 0. The zero-order valence-electron chi connectivity index (χ0n) is 16.5. The Labute approximate surface area is 157 Å². The molecule has 0 saturated heterocycles. The van der Waals surface area contributed by atoms with Crippen LogP contribution in [0.25, 0.3) is 0 Å². The predicted molar refractivity (Wildman–Crippen MR) is 106 cm³/mol. The van der Waals surface area contributed by atoms with Gasteiger partial charge in [-0.05, 0) is 42.3 Å². The highest BCUT2D eigenvalue weighted by atomic mass is 16.5. The first kappa shape index (κ1) is 20.0. The standard InChI is InChI=1S/C22H30N2O2/c1-22(2,3)19-11-6-7-12-20(19)26-16-21(25)23-14-17-9-8-10-18(13-17)15-24(4)5/h6-13H,14-16H2,1-5H3,(H,23,25). The number of hydrogen-bond donors (Lipinski definition) is 1. The van der Waals surface area contributed by atoms with Crippen LogP contribution in [0.15, 0.2) is 48.5 Å². The summed E-state index contributed by atoms with van der Waals surface area (Å²) in [6.07, 6.45) is 0. The largest absolute Gasteiger partial charge is 0.483 e. The lowest BCUT2D eigenvalue weighted by Gasteiger charge is -2.22. The van der Waals surface area contributed by atoms with E-state index >= 15 is 0 Å². The molecule has 0 aliphatic rings. The van der Waals surface area contributed by atoms with Crippen LogP contribution in [0.3, 0.4) is 0 Å². The van der Waals surface area contributed by atoms with Crippen LogP contribution in [0.4, 0.5) is 0 Å². The molecule has 0 aliphatic heterocycles. The maximum atomic E-state index is 12.2. The molecule has 140 valence electrons. The third kappa shape index (κ3) is 6.19. The second-order valence-corrected chi connectivity index (χ2v) is 7.87. The fourth-order valence-electron chi connectivity index (χ4n) is 2.81. The van der Waals surface area contributed by atoms with Gasteiger partial charge in [0.15, 0.2) is 6.61 Å². The van der Waals surface area contributed by atoms with Gasteiger partial charge in [0.25, 0.3) is 5.91 Å². The van der Waals surface area contributed by atoms with Crippen LogP contribution >= 0.6 is 0 Å². The zero-order valence-corrected chi connectivity index (χ0v) is 16.5. The van der Waals surface area contributed by atoms with Gasteiger partial charge in [-0.25, -0.2) is 0 Å². The minimum absolute atomic E-state index is 0.0183. The third-order valence-electron chi connectivity index (χ3n) is 4.03. The summed E-state index contributed by atoms with van der Waals surface area (Å²) in [6.45, 7) is 7.81. The molecule has 1 amide bonds. The molecule has 0 spiro atoms. The first-order valence-corrected chi connectivity index (χ1v) is 8.97. The van der Waals surface area contributed by atoms with Crippen molar-refractivity contribution in [2.24, 2.45) is 0 Å². The van der Waals surface area contributed by atoms with Crippen molar-refractivity contribution in [2.75, 3.05) is 20.7 Å². The molecular formula is C22H30N2O2. The zero-order chi connectivity index (χ0) is 19.2. The molecule has 4 heteroatoms. The maximum Gasteiger partial charge on any atom is 0.258 e. The second-order valence-electron chi connectivity index (χ2n) is 7.87. The molecule has 1 N–H and O–H groups in total. The molecule has 0 aromatic heterocycles. The molecule has 26 heavy (non-hydrogen) atoms. The van der Waals surface area contributed by atoms with Crippen LogP contribution in [-0.2, 0) is 23.3 Å². The molecule has 2 rings (SSSR count). The molecule has 0 fully saturated rings. The topological polar surface area (TPSA) is 41.6 Å². The highest BCUT2D eigenvalue weighted by Crippen LogP contribution is 2.30. The average Bonchev–Trinajstić information content (AvgIpc) is 2.57. The predicted octanol–water partition coefficient (Wildman–Crippen LogP) is 3.74. The number of nitrogens with one attached hydrogen (secondary N) is 1. The Morgan fingerprint density at radius 3 is 2.42 bits per heavy atom. The number of ether oxygens (including phenoxy) is 1. The van der Waals surface area contributed by atoms with E-state index in [2.05, 4.69) is 43.1 Å². The molecule has 0 bridgehead atoms. The van der Waals surface area contributed by atoms with Gasteiger partial charge in [-0.1, -0.05) is 63.2 Å². The van der Waals surface area contributed by atoms with Crippen molar-refractivity contribution in [1.29, 1.82) is 0 Å². The minimum atomic E-state index is -0.119. The first-order chi connectivity index (χ1) is 12.3. The number of benzene rings is 2. The van der Waals surface area contributed by atoms with E-state index < -0.39 is 0 Å². The fourth-order valence-corrected chi connectivity index (χ4v) is 2.81. The van der Waals surface area contributed by atoms with Crippen molar-refractivity contribution in [3.8, 4) is 5.75 Å². The summed E-state index contributed by atoms with van der Waals surface area (Å²) < 4.78 is 5.77. The van der Waals surface area contributed by atoms with Gasteiger partial charge in [0.2, 0.25) is 0 Å². The van der Waals surface area contributed by atoms with Gasteiger partial charge in [-0.2, -0.15) is 0 Å². The van der Waals surface area contributed by atoms with Crippen LogP contribution in [0, 0.1) is 0 Å². The number of para-hydroxylation sites is 1. The summed E-state index contributed by atoms with van der Waals surface area (Å²) in [5, 5.41) is 2.93. The van der Waals surface area contributed by atoms with E-state index in [-0.39, 0.29) is 17.9 Å². The number of amides is 1. The van der Waals surface area contributed by atoms with Gasteiger partial charge >= 0.3 is 0 Å². The molecular weight excluding hydrogens is 324 g/mol. The smallest absolute Gasteiger partial charge is 0.258 e. The molecule has 0 aliphatic carbocycles. The lowest BCUT2D eigenvalue weighted by Crippen LogP contribution is -2.29. The Morgan fingerprint density at radius 1 is 1.04 bits per heavy atom. The van der Waals surface area contributed by atoms with E-state index in [1.54, 1.807) is 0 Å². The summed E-state index contributed by atoms with van der Waals surface area (Å²) in [7, 11) is 4.09. The van der Waals surface area contributed by atoms with E-state index in [1.165, 1.54) is 5.56 Å². The number of carbonyl (C=O) groups is 1. The monoisotopic (exact) mass is 354 g/mol. The highest BCUT2D eigenvalue weighted by Gasteiger charge is 2.18. The first-order valence-electron chi connectivity index (χ1n) is 8.97. The van der Waals surface area contributed by atoms with Gasteiger partial charge in [0.05, 0.1) is 0 Å². The third-order valence-corrected chi connectivity index (χ3v) is 4.03. The minimum Gasteiger partial charge on any atom is -0.483 e. The average molecular weight is 354 g/mol. The second kappa shape index (κ2) is 8.86. The van der Waals surface area contributed by atoms with Crippen molar-refractivity contribution in [3.05, 3.63) is 65.2 Å². The Bertz CT molecular complexity index is 733. The quantitative estimate of drug-likeness (QED) is 0.823. The number of nitrogens with zero attached hydrogens (tertiary/aromatic N) is 1. The molecule has 2 aromatic rings. The van der Waals surface area contributed by atoms with Crippen LogP contribution in [0.1, 0.15) is 37.5 Å². The van der Waals surface area contributed by atoms with Gasteiger partial charge in [0.1, 0.15) is 5.75 Å². The number of carbonyl (C=O) groups excluding carboxylic acids is 1. The molecule has 0 heterocycles. The molecule has 2 aromatic carbocycles. The summed E-state index contributed by atoms with van der Waals surface area (Å²) in [4.78, 5) is 14.3. The highest BCUT2D eigenvalue weighted by molar-refractivity contribution is 5.77. The Hall–Kier alpha value is -2.33. The van der Waals surface area contributed by atoms with Crippen molar-refractivity contribution >= 4 is 5.91 Å². The Balaban J connectivity index is 1.89. The molecule has 0 atom stereocenters. The molecule has 4 nitrogen and oxygen atoms in total. The van der Waals surface area contributed by atoms with E-state index in [1.807, 2.05) is 50.5 Å². The van der Waals surface area contributed by atoms with E-state index in [4.69, 9.17) is 4.74 Å². The SMILES string of the molecule is CN(C)Cc1cccc(CNC(=O)COc2ccccc2C(C)(C)C)c1. The van der Waals surface area contributed by atoms with Crippen LogP contribution < -0.4 is 10.1 Å². The maximum absolute atomic E-state index is 12.2. The van der Waals surface area contributed by atoms with Crippen LogP contribution in [-0.4, -0.2) is 31.5 Å². The number of hydrogen-bond acceptors (Lipinski definition) is 3. The van der Waals surface area contributed by atoms with Gasteiger partial charge in [-0.15, -0.1) is 0 Å². The Morgan fingerprint density at radius 2 is 1.73 bits per heavy atom. The number of rotatable bonds is 7. The van der Waals surface area contributed by atoms with Crippen molar-refractivity contribution < 1.29 is 9.53 Å². The Kier molecular flexibility index (Phi) is 6.81. The van der Waals surface area contributed by atoms with Gasteiger partial charge in [0, 0.05) is 13.1 Å². The van der Waals surface area contributed by atoms with E-state index in [0.29, 0.717) is 6.54 Å². The van der Waals surface area contributed by atoms with Crippen LogP contribution in [0.5, 0.6) is 5.75 Å². The summed E-state index contributed by atoms with van der Waals surface area (Å²) in [6, 6.07) is 16.1. The van der Waals surface area contributed by atoms with Gasteiger partial charge < -0.3 is 15.0 Å². The lowest BCUT2D eigenvalue weighted by atomic mass is 9.86. The normalized spacial score (nSPS) is 11.5. The molecule has 0 radical (unpaired) electrons. The summed E-state index contributed by atoms with van der Waals surface area (Å²) in [5.74, 6) is 0.648.